The molecule has 1 heterocycles. The Labute approximate surface area is 94.6 Å². The first-order valence-electron chi connectivity index (χ1n) is 5.10. The van der Waals surface area contributed by atoms with Gasteiger partial charge in [-0.2, -0.15) is 0 Å². The van der Waals surface area contributed by atoms with Crippen LogP contribution in [0, 0.1) is 5.82 Å². The minimum Gasteiger partial charge on any atom is -0.490 e. The number of rotatable bonds is 2. The summed E-state index contributed by atoms with van der Waals surface area (Å²) < 4.78 is 20.4. The summed E-state index contributed by atoms with van der Waals surface area (Å²) in [6.07, 6.45) is 2.18. The molecule has 1 aromatic rings. The van der Waals surface area contributed by atoms with Gasteiger partial charge >= 0.3 is 0 Å². The minimum absolute atomic E-state index is 0.229. The van der Waals surface area contributed by atoms with Gasteiger partial charge in [-0.3, -0.25) is 4.31 Å². The summed E-state index contributed by atoms with van der Waals surface area (Å²) in [5.41, 5.74) is 0. The topological polar surface area (TPSA) is 12.5 Å². The van der Waals surface area contributed by atoms with Gasteiger partial charge in [0.25, 0.3) is 0 Å². The van der Waals surface area contributed by atoms with Crippen LogP contribution in [0.2, 0.25) is 0 Å². The van der Waals surface area contributed by atoms with Gasteiger partial charge in [0, 0.05) is 13.1 Å². The Balaban J connectivity index is 1.89. The highest BCUT2D eigenvalue weighted by Gasteiger charge is 2.18. The van der Waals surface area contributed by atoms with Gasteiger partial charge in [-0.05, 0) is 37.1 Å². The number of hydrogen-bond acceptors (Lipinski definition) is 3. The second kappa shape index (κ2) is 4.86. The second-order valence-electron chi connectivity index (χ2n) is 3.72. The van der Waals surface area contributed by atoms with Crippen molar-refractivity contribution in [2.45, 2.75) is 18.9 Å². The average Bonchev–Trinajstić information content (AvgIpc) is 2.25. The summed E-state index contributed by atoms with van der Waals surface area (Å²) in [6.45, 7) is 1.88. The lowest BCUT2D eigenvalue weighted by Crippen LogP contribution is -2.33. The lowest BCUT2D eigenvalue weighted by atomic mass is 10.1. The molecule has 1 aromatic carbocycles. The van der Waals surface area contributed by atoms with Gasteiger partial charge in [0.1, 0.15) is 17.7 Å². The van der Waals surface area contributed by atoms with E-state index in [2.05, 4.69) is 12.8 Å². The Morgan fingerprint density at radius 2 is 1.80 bits per heavy atom. The molecule has 4 heteroatoms. The molecule has 0 bridgehead atoms. The van der Waals surface area contributed by atoms with E-state index in [9.17, 15) is 4.39 Å². The third-order valence-corrected chi connectivity index (χ3v) is 2.93. The summed E-state index contributed by atoms with van der Waals surface area (Å²) in [4.78, 5) is 0. The van der Waals surface area contributed by atoms with E-state index in [1.54, 1.807) is 12.1 Å². The van der Waals surface area contributed by atoms with E-state index < -0.39 is 0 Å². The third-order valence-electron chi connectivity index (χ3n) is 2.53. The molecule has 0 radical (unpaired) electrons. The van der Waals surface area contributed by atoms with Gasteiger partial charge in [0.2, 0.25) is 0 Å². The Kier molecular flexibility index (Phi) is 3.49. The molecular formula is C11H14FNOS. The third kappa shape index (κ3) is 3.11. The Bertz CT molecular complexity index is 309. The smallest absolute Gasteiger partial charge is 0.123 e. The van der Waals surface area contributed by atoms with Gasteiger partial charge in [-0.15, -0.1) is 0 Å². The van der Waals surface area contributed by atoms with Crippen molar-refractivity contribution in [3.05, 3.63) is 30.1 Å². The fourth-order valence-electron chi connectivity index (χ4n) is 1.67. The van der Waals surface area contributed by atoms with Crippen LogP contribution in [0.15, 0.2) is 24.3 Å². The molecule has 1 aliphatic rings. The highest BCUT2D eigenvalue weighted by atomic mass is 32.1. The van der Waals surface area contributed by atoms with E-state index >= 15 is 0 Å². The van der Waals surface area contributed by atoms with Crippen molar-refractivity contribution in [2.75, 3.05) is 13.1 Å². The van der Waals surface area contributed by atoms with Crippen LogP contribution in [0.3, 0.4) is 0 Å². The molecule has 0 unspecified atom stereocenters. The van der Waals surface area contributed by atoms with Gasteiger partial charge < -0.3 is 4.74 Å². The van der Waals surface area contributed by atoms with Crippen molar-refractivity contribution in [2.24, 2.45) is 0 Å². The Morgan fingerprint density at radius 3 is 2.40 bits per heavy atom. The number of hydrogen-bond donors (Lipinski definition) is 1. The highest BCUT2D eigenvalue weighted by Crippen LogP contribution is 2.19. The van der Waals surface area contributed by atoms with E-state index in [1.165, 1.54) is 12.1 Å². The normalized spacial score (nSPS) is 19.1. The molecule has 0 spiro atoms. The van der Waals surface area contributed by atoms with Gasteiger partial charge in [-0.1, -0.05) is 12.8 Å². The number of benzene rings is 1. The van der Waals surface area contributed by atoms with Crippen LogP contribution in [0.5, 0.6) is 5.75 Å². The fraction of sp³-hybridized carbons (Fsp3) is 0.455. The predicted octanol–water partition coefficient (Wildman–Crippen LogP) is 2.51. The van der Waals surface area contributed by atoms with Crippen LogP contribution < -0.4 is 4.74 Å². The van der Waals surface area contributed by atoms with E-state index in [4.69, 9.17) is 4.74 Å². The van der Waals surface area contributed by atoms with Crippen LogP contribution in [-0.4, -0.2) is 23.5 Å². The molecule has 2 rings (SSSR count). The molecule has 0 aliphatic carbocycles. The zero-order chi connectivity index (χ0) is 10.7. The first-order chi connectivity index (χ1) is 7.24. The SMILES string of the molecule is Fc1ccc(OC2CCN(S)CC2)cc1. The summed E-state index contributed by atoms with van der Waals surface area (Å²) in [7, 11) is 0. The van der Waals surface area contributed by atoms with E-state index in [1.807, 2.05) is 4.31 Å². The first kappa shape index (κ1) is 10.8. The van der Waals surface area contributed by atoms with E-state index in [0.29, 0.717) is 0 Å². The van der Waals surface area contributed by atoms with Crippen molar-refractivity contribution in [1.29, 1.82) is 0 Å². The zero-order valence-corrected chi connectivity index (χ0v) is 9.29. The average molecular weight is 227 g/mol. The Hall–Kier alpha value is -0.740. The van der Waals surface area contributed by atoms with Crippen molar-refractivity contribution in [1.82, 2.24) is 4.31 Å². The zero-order valence-electron chi connectivity index (χ0n) is 8.40. The largest absolute Gasteiger partial charge is 0.490 e. The molecule has 82 valence electrons. The summed E-state index contributed by atoms with van der Waals surface area (Å²) in [6, 6.07) is 6.18. The quantitative estimate of drug-likeness (QED) is 0.779. The maximum atomic E-state index is 12.6. The van der Waals surface area contributed by atoms with Crippen LogP contribution >= 0.6 is 12.8 Å². The molecular weight excluding hydrogens is 213 g/mol. The molecule has 0 N–H and O–H groups in total. The second-order valence-corrected chi connectivity index (χ2v) is 4.29. The molecule has 0 aromatic heterocycles. The number of piperidine rings is 1. The van der Waals surface area contributed by atoms with Crippen molar-refractivity contribution >= 4 is 12.8 Å². The Morgan fingerprint density at radius 1 is 1.20 bits per heavy atom. The van der Waals surface area contributed by atoms with Crippen molar-refractivity contribution < 1.29 is 9.13 Å². The van der Waals surface area contributed by atoms with Crippen LogP contribution in [0.1, 0.15) is 12.8 Å². The molecule has 1 aliphatic heterocycles. The highest BCUT2D eigenvalue weighted by molar-refractivity contribution is 7.77. The molecule has 0 atom stereocenters. The van der Waals surface area contributed by atoms with Gasteiger partial charge in [-0.25, -0.2) is 4.39 Å². The standard InChI is InChI=1S/C11H14FNOS/c12-9-1-3-10(4-2-9)14-11-5-7-13(15)8-6-11/h1-4,11,15H,5-8H2. The summed E-state index contributed by atoms with van der Waals surface area (Å²) >= 11 is 4.27. The number of nitrogens with zero attached hydrogens (tertiary/aromatic N) is 1. The minimum atomic E-state index is -0.229. The number of ether oxygens (including phenoxy) is 1. The lowest BCUT2D eigenvalue weighted by Gasteiger charge is -2.28. The maximum Gasteiger partial charge on any atom is 0.123 e. The van der Waals surface area contributed by atoms with Crippen LogP contribution in [0.25, 0.3) is 0 Å². The number of thiol groups is 1. The summed E-state index contributed by atoms with van der Waals surface area (Å²) in [5, 5.41) is 0. The van der Waals surface area contributed by atoms with Crippen LogP contribution in [-0.2, 0) is 0 Å². The lowest BCUT2D eigenvalue weighted by molar-refractivity contribution is 0.139. The monoisotopic (exact) mass is 227 g/mol. The molecule has 1 saturated heterocycles. The molecule has 15 heavy (non-hydrogen) atoms. The molecule has 0 amide bonds. The van der Waals surface area contributed by atoms with Crippen molar-refractivity contribution in [3.63, 3.8) is 0 Å². The molecule has 0 saturated carbocycles. The predicted molar refractivity (Wildman–Crippen MR) is 60.6 cm³/mol. The fourth-order valence-corrected chi connectivity index (χ4v) is 1.90. The first-order valence-corrected chi connectivity index (χ1v) is 5.50. The van der Waals surface area contributed by atoms with Gasteiger partial charge in [0.15, 0.2) is 0 Å². The van der Waals surface area contributed by atoms with E-state index in [-0.39, 0.29) is 11.9 Å². The van der Waals surface area contributed by atoms with Crippen molar-refractivity contribution in [3.8, 4) is 5.75 Å². The van der Waals surface area contributed by atoms with E-state index in [0.717, 1.165) is 31.7 Å². The molecule has 2 nitrogen and oxygen atoms in total. The maximum absolute atomic E-state index is 12.6. The van der Waals surface area contributed by atoms with Gasteiger partial charge in [0.05, 0.1) is 0 Å². The molecule has 1 fully saturated rings. The van der Waals surface area contributed by atoms with Crippen LogP contribution in [0.4, 0.5) is 4.39 Å². The summed E-state index contributed by atoms with van der Waals surface area (Å²) in [5.74, 6) is 0.515. The number of halogens is 1.